The number of hydrogen-bond acceptors (Lipinski definition) is 4. The number of thioether (sulfide) groups is 1. The van der Waals surface area contributed by atoms with E-state index in [0.717, 1.165) is 17.4 Å². The number of hydrazine groups is 1. The SMILES string of the molecule is CC1CN[N+]2C(c3ccccc3)=CN=C2S1. The minimum atomic E-state index is 0.582. The van der Waals surface area contributed by atoms with Crippen LogP contribution < -0.4 is 10.4 Å². The first-order valence-corrected chi connectivity index (χ1v) is 6.26. The Labute approximate surface area is 99.2 Å². The van der Waals surface area contributed by atoms with Gasteiger partial charge < -0.3 is 0 Å². The Morgan fingerprint density at radius 1 is 1.38 bits per heavy atom. The highest BCUT2D eigenvalue weighted by Gasteiger charge is 2.40. The lowest BCUT2D eigenvalue weighted by Crippen LogP contribution is -2.50. The normalized spacial score (nSPS) is 24.9. The van der Waals surface area contributed by atoms with Crippen LogP contribution in [0.4, 0.5) is 0 Å². The van der Waals surface area contributed by atoms with Crippen molar-refractivity contribution in [2.75, 3.05) is 6.54 Å². The van der Waals surface area contributed by atoms with Crippen LogP contribution in [0, 0.1) is 0 Å². The van der Waals surface area contributed by atoms with Crippen molar-refractivity contribution < 1.29 is 0 Å². The zero-order valence-corrected chi connectivity index (χ0v) is 9.87. The molecular formula is C12H13N3S+. The van der Waals surface area contributed by atoms with E-state index in [-0.39, 0.29) is 0 Å². The van der Waals surface area contributed by atoms with Crippen molar-refractivity contribution in [3.63, 3.8) is 0 Å². The quantitative estimate of drug-likeness (QED) is 0.751. The van der Waals surface area contributed by atoms with Gasteiger partial charge in [-0.05, 0) is 23.9 Å². The van der Waals surface area contributed by atoms with Crippen molar-refractivity contribution in [2.45, 2.75) is 12.2 Å². The predicted octanol–water partition coefficient (Wildman–Crippen LogP) is 2.13. The molecule has 1 unspecified atom stereocenters. The van der Waals surface area contributed by atoms with Crippen molar-refractivity contribution in [1.29, 1.82) is 0 Å². The zero-order valence-electron chi connectivity index (χ0n) is 9.05. The third-order valence-electron chi connectivity index (χ3n) is 2.64. The maximum Gasteiger partial charge on any atom is 0.341 e. The van der Waals surface area contributed by atoms with Gasteiger partial charge in [-0.25, -0.2) is 0 Å². The summed E-state index contributed by atoms with van der Waals surface area (Å²) >= 11 is 1.82. The fourth-order valence-electron chi connectivity index (χ4n) is 1.82. The number of nitrogens with zero attached hydrogens (tertiary/aromatic N) is 2. The smallest absolute Gasteiger partial charge is 0.185 e. The second-order valence-electron chi connectivity index (χ2n) is 3.92. The number of amidine groups is 1. The van der Waals surface area contributed by atoms with Crippen LogP contribution in [0.1, 0.15) is 12.5 Å². The van der Waals surface area contributed by atoms with Gasteiger partial charge in [-0.1, -0.05) is 25.1 Å². The van der Waals surface area contributed by atoms with Crippen molar-refractivity contribution in [1.82, 2.24) is 10.4 Å². The Morgan fingerprint density at radius 3 is 3.00 bits per heavy atom. The van der Waals surface area contributed by atoms with Gasteiger partial charge in [0.2, 0.25) is 5.70 Å². The van der Waals surface area contributed by atoms with Crippen LogP contribution in [0.2, 0.25) is 0 Å². The molecule has 0 saturated carbocycles. The first-order chi connectivity index (χ1) is 7.84. The molecule has 1 aromatic rings. The van der Waals surface area contributed by atoms with Gasteiger partial charge in [0.1, 0.15) is 6.20 Å². The minimum Gasteiger partial charge on any atom is -0.185 e. The van der Waals surface area contributed by atoms with E-state index in [1.807, 2.05) is 36.2 Å². The summed E-state index contributed by atoms with van der Waals surface area (Å²) in [5.41, 5.74) is 5.73. The minimum absolute atomic E-state index is 0.582. The summed E-state index contributed by atoms with van der Waals surface area (Å²) in [4.78, 5) is 4.45. The Kier molecular flexibility index (Phi) is 2.55. The summed E-state index contributed by atoms with van der Waals surface area (Å²) in [5.74, 6) is 0. The molecule has 0 amide bonds. The summed E-state index contributed by atoms with van der Waals surface area (Å²) in [6.45, 7) is 3.19. The molecule has 16 heavy (non-hydrogen) atoms. The number of benzene rings is 1. The lowest BCUT2D eigenvalue weighted by molar-refractivity contribution is 0.543. The average molecular weight is 231 g/mol. The monoisotopic (exact) mass is 231 g/mol. The van der Waals surface area contributed by atoms with Crippen LogP contribution in [-0.2, 0) is 0 Å². The van der Waals surface area contributed by atoms with E-state index >= 15 is 0 Å². The van der Waals surface area contributed by atoms with E-state index in [1.54, 1.807) is 0 Å². The molecule has 0 aliphatic carbocycles. The molecule has 2 aliphatic rings. The Morgan fingerprint density at radius 2 is 2.19 bits per heavy atom. The highest BCUT2D eigenvalue weighted by Crippen LogP contribution is 2.29. The number of nitrogens with one attached hydrogen (secondary N) is 1. The molecule has 3 rings (SSSR count). The molecule has 1 saturated heterocycles. The van der Waals surface area contributed by atoms with Gasteiger partial charge in [-0.3, -0.25) is 0 Å². The van der Waals surface area contributed by atoms with Crippen LogP contribution >= 0.6 is 11.8 Å². The molecule has 3 nitrogen and oxygen atoms in total. The number of hydrogen-bond donors (Lipinski definition) is 1. The third-order valence-corrected chi connectivity index (χ3v) is 3.71. The fourth-order valence-corrected chi connectivity index (χ4v) is 2.72. The summed E-state index contributed by atoms with van der Waals surface area (Å²) < 4.78 is 0. The molecule has 4 heteroatoms. The molecule has 2 heterocycles. The van der Waals surface area contributed by atoms with Crippen LogP contribution in [0.15, 0.2) is 41.5 Å². The molecule has 0 spiro atoms. The highest BCUT2D eigenvalue weighted by atomic mass is 32.2. The molecule has 0 aromatic heterocycles. The summed E-state index contributed by atoms with van der Waals surface area (Å²) in [6, 6.07) is 10.3. The number of aliphatic imine (C=N–C) groups is 1. The van der Waals surface area contributed by atoms with Gasteiger partial charge in [-0.2, -0.15) is 4.99 Å². The fraction of sp³-hybridized carbons (Fsp3) is 0.250. The second-order valence-corrected chi connectivity index (χ2v) is 5.32. The molecule has 1 atom stereocenters. The first-order valence-electron chi connectivity index (χ1n) is 5.38. The van der Waals surface area contributed by atoms with E-state index in [4.69, 9.17) is 0 Å². The van der Waals surface area contributed by atoms with Gasteiger partial charge in [0, 0.05) is 15.8 Å². The van der Waals surface area contributed by atoms with Gasteiger partial charge in [-0.15, -0.1) is 5.43 Å². The van der Waals surface area contributed by atoms with Crippen molar-refractivity contribution in [3.05, 3.63) is 42.1 Å². The van der Waals surface area contributed by atoms with Gasteiger partial charge in [0.05, 0.1) is 6.54 Å². The molecule has 1 aromatic carbocycles. The van der Waals surface area contributed by atoms with Gasteiger partial charge >= 0.3 is 5.17 Å². The lowest BCUT2D eigenvalue weighted by atomic mass is 10.2. The van der Waals surface area contributed by atoms with Crippen molar-refractivity contribution in [2.24, 2.45) is 4.99 Å². The van der Waals surface area contributed by atoms with E-state index < -0.39 is 0 Å². The Bertz CT molecular complexity index is 453. The molecule has 81 valence electrons. The van der Waals surface area contributed by atoms with E-state index in [1.165, 1.54) is 5.56 Å². The predicted molar refractivity (Wildman–Crippen MR) is 69.0 cm³/mol. The van der Waals surface area contributed by atoms with Gasteiger partial charge in [0.25, 0.3) is 0 Å². The molecular weight excluding hydrogens is 218 g/mol. The Balaban J connectivity index is 1.87. The summed E-state index contributed by atoms with van der Waals surface area (Å²) in [7, 11) is 0. The van der Waals surface area contributed by atoms with Crippen LogP contribution in [0.25, 0.3) is 5.70 Å². The van der Waals surface area contributed by atoms with Crippen LogP contribution in [-0.4, -0.2) is 17.0 Å². The maximum absolute atomic E-state index is 4.45. The molecule has 0 bridgehead atoms. The molecule has 1 N–H and O–H groups in total. The summed E-state index contributed by atoms with van der Waals surface area (Å²) in [6.07, 6.45) is 1.93. The second kappa shape index (κ2) is 4.05. The van der Waals surface area contributed by atoms with Crippen molar-refractivity contribution >= 4 is 22.6 Å². The van der Waals surface area contributed by atoms with Crippen LogP contribution in [0.5, 0.6) is 0 Å². The standard InChI is InChI=1S/C12H13N3S/c1-9-7-14-15-11(8-13-12(15)16-9)10-5-3-2-4-6-10/h2-6,8-9,14H,7H2,1H3/q+1. The number of fused-ring (bicyclic) bond motifs is 1. The number of rotatable bonds is 1. The first kappa shape index (κ1) is 10.1. The molecule has 2 aliphatic heterocycles. The van der Waals surface area contributed by atoms with Crippen LogP contribution in [0.3, 0.4) is 0 Å². The third kappa shape index (κ3) is 1.69. The maximum atomic E-state index is 4.45. The zero-order chi connectivity index (χ0) is 11.0. The molecule has 1 fully saturated rings. The largest absolute Gasteiger partial charge is 0.341 e. The topological polar surface area (TPSA) is 30.3 Å². The van der Waals surface area contributed by atoms with E-state index in [9.17, 15) is 0 Å². The van der Waals surface area contributed by atoms with Gasteiger partial charge in [0.15, 0.2) is 0 Å². The lowest BCUT2D eigenvalue weighted by Gasteiger charge is -2.19. The van der Waals surface area contributed by atoms with E-state index in [2.05, 4.69) is 34.5 Å². The average Bonchev–Trinajstić information content (AvgIpc) is 2.73. The van der Waals surface area contributed by atoms with E-state index in [0.29, 0.717) is 5.25 Å². The van der Waals surface area contributed by atoms with Crippen molar-refractivity contribution in [3.8, 4) is 0 Å². The summed E-state index contributed by atoms with van der Waals surface area (Å²) in [5, 5.41) is 3.72. The Hall–Kier alpha value is -1.10. The highest BCUT2D eigenvalue weighted by molar-refractivity contribution is 8.14. The molecule has 1 radical (unpaired) electrons.